The van der Waals surface area contributed by atoms with Crippen LogP contribution >= 0.6 is 12.4 Å². The minimum atomic E-state index is -0.0487. The van der Waals surface area contributed by atoms with Crippen LogP contribution in [0.25, 0.3) is 5.52 Å². The zero-order valence-electron chi connectivity index (χ0n) is 11.7. The Bertz CT molecular complexity index is 648. The van der Waals surface area contributed by atoms with Gasteiger partial charge in [-0.15, -0.1) is 12.4 Å². The lowest BCUT2D eigenvalue weighted by molar-refractivity contribution is 0.0617. The number of amides is 1. The molecule has 3 saturated heterocycles. The molecular weight excluding hydrogens is 288 g/mol. The van der Waals surface area contributed by atoms with Crippen molar-refractivity contribution in [1.82, 2.24) is 19.6 Å². The molecule has 3 aliphatic rings. The summed E-state index contributed by atoms with van der Waals surface area (Å²) in [4.78, 5) is 19.0. The van der Waals surface area contributed by atoms with Crippen LogP contribution in [0.15, 0.2) is 30.7 Å². The first kappa shape index (κ1) is 14.4. The lowest BCUT2D eigenvalue weighted by Crippen LogP contribution is -2.57. The van der Waals surface area contributed by atoms with Crippen molar-refractivity contribution >= 4 is 23.8 Å². The highest BCUT2D eigenvalue weighted by atomic mass is 35.5. The summed E-state index contributed by atoms with van der Waals surface area (Å²) in [5, 5.41) is 3.17. The molecule has 1 unspecified atom stereocenters. The van der Waals surface area contributed by atoms with Gasteiger partial charge in [0.1, 0.15) is 5.69 Å². The summed E-state index contributed by atoms with van der Waals surface area (Å²) in [6, 6.07) is 6.06. The number of aromatic nitrogens is 2. The Labute approximate surface area is 129 Å². The molecule has 2 bridgehead atoms. The van der Waals surface area contributed by atoms with E-state index in [2.05, 4.69) is 15.2 Å². The van der Waals surface area contributed by atoms with Crippen molar-refractivity contribution in [1.29, 1.82) is 0 Å². The van der Waals surface area contributed by atoms with Crippen molar-refractivity contribution in [3.05, 3.63) is 36.4 Å². The summed E-state index contributed by atoms with van der Waals surface area (Å²) in [6.45, 7) is 3.36. The fraction of sp³-hybridized carbons (Fsp3) is 0.467. The monoisotopic (exact) mass is 306 g/mol. The van der Waals surface area contributed by atoms with E-state index >= 15 is 0 Å². The number of piperidine rings is 3. The third kappa shape index (κ3) is 2.63. The standard InChI is InChI=1S/C15H18N4O.ClH/c20-15(13-8-12-2-1-5-19(12)10-16-13)17-14-9-18-6-3-11(14)4-7-18;/h1-2,5,8,10-11,14H,3-4,6-7,9H2,(H,17,20);1H. The molecule has 2 aromatic heterocycles. The van der Waals surface area contributed by atoms with E-state index in [1.54, 1.807) is 6.33 Å². The molecule has 0 radical (unpaired) electrons. The van der Waals surface area contributed by atoms with Crippen LogP contribution in [0.3, 0.4) is 0 Å². The normalized spacial score (nSPS) is 27.3. The second-order valence-corrected chi connectivity index (χ2v) is 5.83. The third-order valence-electron chi connectivity index (χ3n) is 4.62. The summed E-state index contributed by atoms with van der Waals surface area (Å²) in [6.07, 6.45) is 6.03. The maximum atomic E-state index is 12.4. The molecule has 0 aliphatic carbocycles. The number of fused-ring (bicyclic) bond motifs is 4. The van der Waals surface area contributed by atoms with Crippen molar-refractivity contribution in [3.63, 3.8) is 0 Å². The van der Waals surface area contributed by atoms with E-state index < -0.39 is 0 Å². The topological polar surface area (TPSA) is 49.6 Å². The van der Waals surface area contributed by atoms with Crippen molar-refractivity contribution < 1.29 is 4.79 Å². The smallest absolute Gasteiger partial charge is 0.270 e. The first-order chi connectivity index (χ1) is 9.79. The highest BCUT2D eigenvalue weighted by Gasteiger charge is 2.35. The average molecular weight is 307 g/mol. The molecule has 1 N–H and O–H groups in total. The molecule has 5 heterocycles. The van der Waals surface area contributed by atoms with Crippen molar-refractivity contribution in [2.75, 3.05) is 19.6 Å². The number of rotatable bonds is 2. The van der Waals surface area contributed by atoms with E-state index in [1.807, 2.05) is 28.8 Å². The van der Waals surface area contributed by atoms with Crippen molar-refractivity contribution in [2.24, 2.45) is 5.92 Å². The van der Waals surface area contributed by atoms with Gasteiger partial charge in [-0.25, -0.2) is 4.98 Å². The molecule has 2 aromatic rings. The number of nitrogens with one attached hydrogen (secondary N) is 1. The van der Waals surface area contributed by atoms with Gasteiger partial charge in [0.15, 0.2) is 0 Å². The maximum absolute atomic E-state index is 12.4. The first-order valence-electron chi connectivity index (χ1n) is 7.25. The van der Waals surface area contributed by atoms with Gasteiger partial charge in [-0.2, -0.15) is 0 Å². The predicted molar refractivity (Wildman–Crippen MR) is 82.9 cm³/mol. The molecule has 112 valence electrons. The van der Waals surface area contributed by atoms with E-state index in [1.165, 1.54) is 25.9 Å². The molecule has 3 aliphatic heterocycles. The number of halogens is 1. The Morgan fingerprint density at radius 2 is 2.14 bits per heavy atom. The number of carbonyl (C=O) groups excluding carboxylic acids is 1. The van der Waals surface area contributed by atoms with E-state index in [0.29, 0.717) is 11.6 Å². The maximum Gasteiger partial charge on any atom is 0.270 e. The van der Waals surface area contributed by atoms with Crippen LogP contribution in [0.2, 0.25) is 0 Å². The summed E-state index contributed by atoms with van der Waals surface area (Å²) >= 11 is 0. The number of nitrogens with zero attached hydrogens (tertiary/aromatic N) is 3. The molecule has 3 fully saturated rings. The summed E-state index contributed by atoms with van der Waals surface area (Å²) in [5.74, 6) is 0.591. The molecule has 1 atom stereocenters. The van der Waals surface area contributed by atoms with Crippen molar-refractivity contribution in [2.45, 2.75) is 18.9 Å². The largest absolute Gasteiger partial charge is 0.346 e. The van der Waals surface area contributed by atoms with Gasteiger partial charge in [0.05, 0.1) is 6.33 Å². The molecule has 5 nitrogen and oxygen atoms in total. The minimum absolute atomic E-state index is 0. The van der Waals surface area contributed by atoms with Gasteiger partial charge in [0.2, 0.25) is 0 Å². The molecular formula is C15H19ClN4O. The molecule has 5 rings (SSSR count). The molecule has 0 aromatic carbocycles. The van der Waals surface area contributed by atoms with Gasteiger partial charge >= 0.3 is 0 Å². The fourth-order valence-corrected chi connectivity index (χ4v) is 3.43. The van der Waals surface area contributed by atoms with Gasteiger partial charge in [0, 0.05) is 24.3 Å². The van der Waals surface area contributed by atoms with E-state index in [0.717, 1.165) is 12.1 Å². The van der Waals surface area contributed by atoms with Crippen LogP contribution in [-0.4, -0.2) is 45.9 Å². The van der Waals surface area contributed by atoms with Crippen LogP contribution in [0.4, 0.5) is 0 Å². The van der Waals surface area contributed by atoms with E-state index in [9.17, 15) is 4.79 Å². The van der Waals surface area contributed by atoms with Gasteiger partial charge in [-0.05, 0) is 50.0 Å². The van der Waals surface area contributed by atoms with Gasteiger partial charge in [0.25, 0.3) is 5.91 Å². The zero-order chi connectivity index (χ0) is 13.5. The Kier molecular flexibility index (Phi) is 3.87. The van der Waals surface area contributed by atoms with Gasteiger partial charge in [-0.1, -0.05) is 0 Å². The molecule has 0 spiro atoms. The molecule has 1 amide bonds. The van der Waals surface area contributed by atoms with Crippen LogP contribution in [0.1, 0.15) is 23.3 Å². The lowest BCUT2D eigenvalue weighted by Gasteiger charge is -2.44. The molecule has 21 heavy (non-hydrogen) atoms. The van der Waals surface area contributed by atoms with Crippen LogP contribution in [-0.2, 0) is 0 Å². The minimum Gasteiger partial charge on any atom is -0.346 e. The highest BCUT2D eigenvalue weighted by Crippen LogP contribution is 2.27. The Balaban J connectivity index is 0.00000132. The first-order valence-corrected chi connectivity index (χ1v) is 7.25. The summed E-state index contributed by atoms with van der Waals surface area (Å²) < 4.78 is 1.91. The van der Waals surface area contributed by atoms with E-state index in [4.69, 9.17) is 0 Å². The number of hydrogen-bond donors (Lipinski definition) is 1. The quantitative estimate of drug-likeness (QED) is 0.916. The van der Waals surface area contributed by atoms with E-state index in [-0.39, 0.29) is 24.4 Å². The molecule has 0 saturated carbocycles. The molecule has 6 heteroatoms. The van der Waals surface area contributed by atoms with Gasteiger partial charge < -0.3 is 14.6 Å². The van der Waals surface area contributed by atoms with Gasteiger partial charge in [-0.3, -0.25) is 4.79 Å². The highest BCUT2D eigenvalue weighted by molar-refractivity contribution is 5.93. The second-order valence-electron chi connectivity index (χ2n) is 5.83. The Morgan fingerprint density at radius 3 is 2.86 bits per heavy atom. The Morgan fingerprint density at radius 1 is 1.33 bits per heavy atom. The third-order valence-corrected chi connectivity index (χ3v) is 4.62. The number of carbonyl (C=O) groups is 1. The van der Waals surface area contributed by atoms with Crippen LogP contribution < -0.4 is 5.32 Å². The Hall–Kier alpha value is -1.59. The average Bonchev–Trinajstić information content (AvgIpc) is 2.96. The van der Waals surface area contributed by atoms with Crippen molar-refractivity contribution in [3.8, 4) is 0 Å². The fourth-order valence-electron chi connectivity index (χ4n) is 3.43. The number of hydrogen-bond acceptors (Lipinski definition) is 3. The SMILES string of the molecule is Cl.O=C(NC1CN2CCC1CC2)c1cc2cccn2cn1. The second kappa shape index (κ2) is 5.66. The zero-order valence-corrected chi connectivity index (χ0v) is 12.6. The predicted octanol–water partition coefficient (Wildman–Crippen LogP) is 1.58. The lowest BCUT2D eigenvalue weighted by atomic mass is 9.84. The summed E-state index contributed by atoms with van der Waals surface area (Å²) in [7, 11) is 0. The van der Waals surface area contributed by atoms with Crippen LogP contribution in [0.5, 0.6) is 0 Å². The summed E-state index contributed by atoms with van der Waals surface area (Å²) in [5.41, 5.74) is 1.51. The van der Waals surface area contributed by atoms with Crippen LogP contribution in [0, 0.1) is 5.92 Å².